The van der Waals surface area contributed by atoms with Gasteiger partial charge in [0.25, 0.3) is 11.8 Å². The van der Waals surface area contributed by atoms with E-state index in [4.69, 9.17) is 4.74 Å². The first-order valence-corrected chi connectivity index (χ1v) is 10.0. The first-order chi connectivity index (χ1) is 14.0. The first-order valence-electron chi connectivity index (χ1n) is 9.17. The molecule has 1 aliphatic rings. The second kappa shape index (κ2) is 9.83. The average molecular weight is 415 g/mol. The van der Waals surface area contributed by atoms with Crippen LogP contribution >= 0.6 is 11.3 Å². The molecule has 152 valence electrons. The van der Waals surface area contributed by atoms with Gasteiger partial charge in [-0.15, -0.1) is 11.3 Å². The maximum Gasteiger partial charge on any atom is 0.325 e. The Kier molecular flexibility index (Phi) is 6.96. The molecule has 0 atom stereocenters. The second-order valence-corrected chi connectivity index (χ2v) is 7.32. The quantitative estimate of drug-likeness (QED) is 0.660. The van der Waals surface area contributed by atoms with E-state index < -0.39 is 18.5 Å². The van der Waals surface area contributed by atoms with Crippen molar-refractivity contribution in [3.8, 4) is 0 Å². The van der Waals surface area contributed by atoms with Gasteiger partial charge in [0.15, 0.2) is 6.61 Å². The zero-order valence-corrected chi connectivity index (χ0v) is 16.5. The van der Waals surface area contributed by atoms with Crippen LogP contribution in [0.2, 0.25) is 0 Å². The number of hydrogen-bond acceptors (Lipinski definition) is 6. The summed E-state index contributed by atoms with van der Waals surface area (Å²) in [5, 5.41) is 6.57. The van der Waals surface area contributed by atoms with Crippen LogP contribution < -0.4 is 15.5 Å². The van der Waals surface area contributed by atoms with Crippen LogP contribution in [0, 0.1) is 0 Å². The lowest BCUT2D eigenvalue weighted by Crippen LogP contribution is -2.41. The summed E-state index contributed by atoms with van der Waals surface area (Å²) in [4.78, 5) is 49.8. The van der Waals surface area contributed by atoms with Crippen molar-refractivity contribution in [3.63, 3.8) is 0 Å². The van der Waals surface area contributed by atoms with Crippen LogP contribution in [0.4, 0.5) is 5.69 Å². The first kappa shape index (κ1) is 20.5. The van der Waals surface area contributed by atoms with Crippen LogP contribution in [0.1, 0.15) is 21.7 Å². The highest BCUT2D eigenvalue weighted by molar-refractivity contribution is 7.12. The number of thiophene rings is 1. The van der Waals surface area contributed by atoms with Crippen molar-refractivity contribution >= 4 is 40.7 Å². The molecule has 0 spiro atoms. The van der Waals surface area contributed by atoms with Crippen molar-refractivity contribution in [1.29, 1.82) is 0 Å². The minimum Gasteiger partial charge on any atom is -0.454 e. The van der Waals surface area contributed by atoms with Crippen LogP contribution in [0.25, 0.3) is 0 Å². The molecule has 29 heavy (non-hydrogen) atoms. The third-order valence-corrected chi connectivity index (χ3v) is 5.22. The summed E-state index contributed by atoms with van der Waals surface area (Å²) in [7, 11) is 0. The van der Waals surface area contributed by atoms with Gasteiger partial charge in [-0.25, -0.2) is 0 Å². The molecular formula is C20H21N3O5S. The van der Waals surface area contributed by atoms with E-state index in [-0.39, 0.29) is 24.9 Å². The highest BCUT2D eigenvalue weighted by atomic mass is 32.1. The number of carbonyl (C=O) groups is 4. The number of para-hydroxylation sites is 1. The molecule has 0 aliphatic carbocycles. The molecule has 0 bridgehead atoms. The van der Waals surface area contributed by atoms with Crippen molar-refractivity contribution < 1.29 is 23.9 Å². The van der Waals surface area contributed by atoms with E-state index in [1.54, 1.807) is 22.4 Å². The molecular weight excluding hydrogens is 394 g/mol. The van der Waals surface area contributed by atoms with Crippen LogP contribution in [0.15, 0.2) is 41.8 Å². The fourth-order valence-electron chi connectivity index (χ4n) is 2.95. The maximum atomic E-state index is 12.4. The Hall–Kier alpha value is -3.20. The molecule has 1 aliphatic heterocycles. The number of nitrogens with one attached hydrogen (secondary N) is 2. The van der Waals surface area contributed by atoms with Gasteiger partial charge in [-0.05, 0) is 35.9 Å². The third-order valence-electron chi connectivity index (χ3n) is 4.35. The Labute approximate surface area is 171 Å². The van der Waals surface area contributed by atoms with E-state index in [9.17, 15) is 19.2 Å². The summed E-state index contributed by atoms with van der Waals surface area (Å²) in [5.41, 5.74) is 1.94. The molecule has 3 rings (SSSR count). The van der Waals surface area contributed by atoms with E-state index in [0.717, 1.165) is 24.1 Å². The number of esters is 1. The van der Waals surface area contributed by atoms with Gasteiger partial charge in [-0.2, -0.15) is 0 Å². The Balaban J connectivity index is 1.37. The summed E-state index contributed by atoms with van der Waals surface area (Å²) >= 11 is 1.26. The fraction of sp³-hybridized carbons (Fsp3) is 0.300. The Morgan fingerprint density at radius 1 is 1.03 bits per heavy atom. The van der Waals surface area contributed by atoms with Gasteiger partial charge < -0.3 is 20.3 Å². The molecule has 0 radical (unpaired) electrons. The van der Waals surface area contributed by atoms with Gasteiger partial charge in [0.05, 0.1) is 11.4 Å². The van der Waals surface area contributed by atoms with Crippen LogP contribution in [-0.4, -0.2) is 49.9 Å². The molecule has 0 unspecified atom stereocenters. The molecule has 9 heteroatoms. The van der Waals surface area contributed by atoms with Crippen molar-refractivity contribution in [3.05, 3.63) is 52.2 Å². The molecule has 1 aromatic heterocycles. The summed E-state index contributed by atoms with van der Waals surface area (Å²) in [6, 6.07) is 11.0. The molecule has 2 heterocycles. The SMILES string of the molecule is O=C(CNC(=O)c1cccs1)NCC(=O)OCC(=O)N1CCCc2ccccc21. The van der Waals surface area contributed by atoms with Crippen molar-refractivity contribution in [2.75, 3.05) is 31.1 Å². The number of rotatable bonds is 7. The minimum atomic E-state index is -0.721. The van der Waals surface area contributed by atoms with Gasteiger partial charge in [0.1, 0.15) is 6.54 Å². The molecule has 8 nitrogen and oxygen atoms in total. The molecule has 0 saturated heterocycles. The Morgan fingerprint density at radius 2 is 1.86 bits per heavy atom. The summed E-state index contributed by atoms with van der Waals surface area (Å²) in [5.74, 6) is -1.91. The highest BCUT2D eigenvalue weighted by Gasteiger charge is 2.23. The summed E-state index contributed by atoms with van der Waals surface area (Å²) in [6.07, 6.45) is 1.76. The van der Waals surface area contributed by atoms with Crippen LogP contribution in [0.3, 0.4) is 0 Å². The lowest BCUT2D eigenvalue weighted by atomic mass is 10.0. The van der Waals surface area contributed by atoms with E-state index in [0.29, 0.717) is 11.4 Å². The predicted molar refractivity (Wildman–Crippen MR) is 108 cm³/mol. The van der Waals surface area contributed by atoms with Gasteiger partial charge in [-0.3, -0.25) is 19.2 Å². The molecule has 1 aromatic carbocycles. The molecule has 0 saturated carbocycles. The van der Waals surface area contributed by atoms with Crippen molar-refractivity contribution in [2.24, 2.45) is 0 Å². The zero-order chi connectivity index (χ0) is 20.6. The maximum absolute atomic E-state index is 12.4. The smallest absolute Gasteiger partial charge is 0.325 e. The van der Waals surface area contributed by atoms with E-state index in [1.807, 2.05) is 24.3 Å². The van der Waals surface area contributed by atoms with Gasteiger partial charge in [-0.1, -0.05) is 24.3 Å². The van der Waals surface area contributed by atoms with Crippen LogP contribution in [0.5, 0.6) is 0 Å². The number of amides is 3. The van der Waals surface area contributed by atoms with E-state index in [2.05, 4.69) is 10.6 Å². The monoisotopic (exact) mass is 415 g/mol. The highest BCUT2D eigenvalue weighted by Crippen LogP contribution is 2.26. The largest absolute Gasteiger partial charge is 0.454 e. The summed E-state index contributed by atoms with van der Waals surface area (Å²) < 4.78 is 4.98. The van der Waals surface area contributed by atoms with Crippen LogP contribution in [-0.2, 0) is 25.5 Å². The fourth-order valence-corrected chi connectivity index (χ4v) is 3.59. The van der Waals surface area contributed by atoms with Gasteiger partial charge in [0, 0.05) is 12.2 Å². The molecule has 2 N–H and O–H groups in total. The van der Waals surface area contributed by atoms with E-state index in [1.165, 1.54) is 11.3 Å². The predicted octanol–water partition coefficient (Wildman–Crippen LogP) is 1.12. The molecule has 0 fully saturated rings. The van der Waals surface area contributed by atoms with E-state index >= 15 is 0 Å². The zero-order valence-electron chi connectivity index (χ0n) is 15.7. The number of benzene rings is 1. The number of aryl methyl sites for hydroxylation is 1. The Morgan fingerprint density at radius 3 is 2.66 bits per heavy atom. The lowest BCUT2D eigenvalue weighted by Gasteiger charge is -2.29. The topological polar surface area (TPSA) is 105 Å². The normalized spacial score (nSPS) is 12.6. The minimum absolute atomic E-state index is 0.256. The number of carbonyl (C=O) groups excluding carboxylic acids is 4. The number of hydrogen-bond donors (Lipinski definition) is 2. The average Bonchev–Trinajstić information content (AvgIpc) is 3.29. The summed E-state index contributed by atoms with van der Waals surface area (Å²) in [6.45, 7) is -0.447. The van der Waals surface area contributed by atoms with Gasteiger partial charge >= 0.3 is 5.97 Å². The number of anilines is 1. The lowest BCUT2D eigenvalue weighted by molar-refractivity contribution is -0.147. The van der Waals surface area contributed by atoms with Gasteiger partial charge in [0.2, 0.25) is 5.91 Å². The van der Waals surface area contributed by atoms with Crippen molar-refractivity contribution in [2.45, 2.75) is 12.8 Å². The number of fused-ring (bicyclic) bond motifs is 1. The number of nitrogens with zero attached hydrogens (tertiary/aromatic N) is 1. The third kappa shape index (κ3) is 5.64. The Bertz CT molecular complexity index is 897. The molecule has 2 aromatic rings. The standard InChI is InChI=1S/C20H21N3O5S/c24-17(11-22-20(27)16-8-4-10-29-16)21-12-19(26)28-13-18(25)23-9-3-6-14-5-1-2-7-15(14)23/h1-2,4-5,7-8,10H,3,6,9,11-13H2,(H,21,24)(H,22,27). The van der Waals surface area contributed by atoms with Crippen molar-refractivity contribution in [1.82, 2.24) is 10.6 Å². The number of ether oxygens (including phenoxy) is 1. The molecule has 3 amide bonds. The second-order valence-electron chi connectivity index (χ2n) is 6.38.